The molecule has 8 nitrogen and oxygen atoms in total. The second-order valence-electron chi connectivity index (χ2n) is 8.09. The molecule has 2 aliphatic heterocycles. The molecule has 0 aromatic heterocycles. The van der Waals surface area contributed by atoms with Crippen molar-refractivity contribution < 1.29 is 23.8 Å². The van der Waals surface area contributed by atoms with Crippen molar-refractivity contribution in [3.8, 4) is 11.5 Å². The van der Waals surface area contributed by atoms with Gasteiger partial charge in [0.2, 0.25) is 11.8 Å². The highest BCUT2D eigenvalue weighted by Gasteiger charge is 2.40. The molecule has 2 aromatic rings. The van der Waals surface area contributed by atoms with E-state index in [-0.39, 0.29) is 24.3 Å². The van der Waals surface area contributed by atoms with Crippen LogP contribution in [-0.2, 0) is 14.3 Å². The topological polar surface area (TPSA) is 89.5 Å². The van der Waals surface area contributed by atoms with Gasteiger partial charge in [0.15, 0.2) is 5.17 Å². The van der Waals surface area contributed by atoms with Gasteiger partial charge in [-0.1, -0.05) is 35.5 Å². The molecule has 0 unspecified atom stereocenters. The Kier molecular flexibility index (Phi) is 8.54. The Labute approximate surface area is 214 Å². The van der Waals surface area contributed by atoms with E-state index in [0.717, 1.165) is 12.8 Å². The van der Waals surface area contributed by atoms with Crippen LogP contribution in [0.4, 0.5) is 11.4 Å². The Bertz CT molecular complexity index is 1110. The fourth-order valence-corrected chi connectivity index (χ4v) is 5.36. The lowest BCUT2D eigenvalue weighted by molar-refractivity contribution is -0.129. The summed E-state index contributed by atoms with van der Waals surface area (Å²) in [5.74, 6) is 0.723. The lowest BCUT2D eigenvalue weighted by Crippen LogP contribution is -2.38. The molecule has 0 bridgehead atoms. The van der Waals surface area contributed by atoms with Crippen molar-refractivity contribution >= 4 is 51.7 Å². The Morgan fingerprint density at radius 1 is 1.29 bits per heavy atom. The first-order valence-corrected chi connectivity index (χ1v) is 12.8. The summed E-state index contributed by atoms with van der Waals surface area (Å²) >= 11 is 7.45. The molecular weight excluding hydrogens is 490 g/mol. The molecular formula is C25H28ClN3O5S. The molecule has 186 valence electrons. The standard InChI is InChI=1S/C25H28ClN3O5S/c1-3-33-21-9-5-4-8-19(21)28-25-29(15-17-7-6-12-34-17)24(31)22(35-25)14-23(30)27-16-10-11-20(32-2)18(26)13-16/h4-5,8-11,13,17,22H,3,6-7,12,14-15H2,1-2H3,(H,27,30)/t17-,22-/m0/s1. The lowest BCUT2D eigenvalue weighted by atomic mass is 10.2. The zero-order valence-corrected chi connectivity index (χ0v) is 21.2. The number of anilines is 1. The number of hydrogen-bond donors (Lipinski definition) is 1. The van der Waals surface area contributed by atoms with Gasteiger partial charge in [-0.05, 0) is 50.1 Å². The Hall–Kier alpha value is -2.75. The number of rotatable bonds is 9. The van der Waals surface area contributed by atoms with Crippen molar-refractivity contribution in [3.63, 3.8) is 0 Å². The second kappa shape index (κ2) is 11.8. The zero-order valence-electron chi connectivity index (χ0n) is 19.7. The summed E-state index contributed by atoms with van der Waals surface area (Å²) in [6, 6.07) is 12.4. The summed E-state index contributed by atoms with van der Waals surface area (Å²) < 4.78 is 16.6. The van der Waals surface area contributed by atoms with Crippen LogP contribution in [0.25, 0.3) is 0 Å². The normalized spacial score (nSPS) is 20.9. The highest BCUT2D eigenvalue weighted by Crippen LogP contribution is 2.36. The minimum Gasteiger partial charge on any atom is -0.495 e. The average molecular weight is 518 g/mol. The van der Waals surface area contributed by atoms with Gasteiger partial charge in [-0.3, -0.25) is 14.5 Å². The molecule has 2 aliphatic rings. The van der Waals surface area contributed by atoms with Crippen molar-refractivity contribution in [1.82, 2.24) is 4.90 Å². The smallest absolute Gasteiger partial charge is 0.242 e. The van der Waals surface area contributed by atoms with Gasteiger partial charge in [-0.15, -0.1) is 0 Å². The number of ether oxygens (including phenoxy) is 3. The molecule has 4 rings (SSSR count). The number of aliphatic imine (C=N–C) groups is 1. The highest BCUT2D eigenvalue weighted by atomic mass is 35.5. The molecule has 0 saturated carbocycles. The number of hydrogen-bond acceptors (Lipinski definition) is 7. The quantitative estimate of drug-likeness (QED) is 0.509. The number of benzene rings is 2. The number of nitrogens with zero attached hydrogens (tertiary/aromatic N) is 2. The Balaban J connectivity index is 1.51. The molecule has 2 fully saturated rings. The summed E-state index contributed by atoms with van der Waals surface area (Å²) in [6.07, 6.45) is 1.82. The first-order valence-electron chi connectivity index (χ1n) is 11.5. The SMILES string of the molecule is CCOc1ccccc1N=C1S[C@@H](CC(=O)Nc2ccc(OC)c(Cl)c2)C(=O)N1C[C@@H]1CCCO1. The number of nitrogens with one attached hydrogen (secondary N) is 1. The molecule has 2 amide bonds. The van der Waals surface area contributed by atoms with Crippen LogP contribution in [0.1, 0.15) is 26.2 Å². The van der Waals surface area contributed by atoms with Crippen LogP contribution in [0.15, 0.2) is 47.5 Å². The maximum Gasteiger partial charge on any atom is 0.242 e. The number of amides is 2. The van der Waals surface area contributed by atoms with Gasteiger partial charge in [0.05, 0.1) is 31.4 Å². The predicted octanol–water partition coefficient (Wildman–Crippen LogP) is 4.89. The van der Waals surface area contributed by atoms with E-state index in [1.54, 1.807) is 23.1 Å². The fraction of sp³-hybridized carbons (Fsp3) is 0.400. The third kappa shape index (κ3) is 6.28. The Morgan fingerprint density at radius 3 is 2.83 bits per heavy atom. The molecule has 0 radical (unpaired) electrons. The van der Waals surface area contributed by atoms with Crippen molar-refractivity contribution in [3.05, 3.63) is 47.5 Å². The maximum absolute atomic E-state index is 13.3. The van der Waals surface area contributed by atoms with E-state index in [0.29, 0.717) is 52.8 Å². The number of carbonyl (C=O) groups excluding carboxylic acids is 2. The van der Waals surface area contributed by atoms with E-state index >= 15 is 0 Å². The van der Waals surface area contributed by atoms with Gasteiger partial charge in [0.25, 0.3) is 0 Å². The molecule has 10 heteroatoms. The van der Waals surface area contributed by atoms with Crippen LogP contribution in [-0.4, -0.2) is 60.1 Å². The molecule has 2 saturated heterocycles. The van der Waals surface area contributed by atoms with Crippen LogP contribution in [0.3, 0.4) is 0 Å². The van der Waals surface area contributed by atoms with E-state index in [4.69, 9.17) is 30.8 Å². The van der Waals surface area contributed by atoms with Gasteiger partial charge in [-0.25, -0.2) is 4.99 Å². The predicted molar refractivity (Wildman–Crippen MR) is 138 cm³/mol. The van der Waals surface area contributed by atoms with Crippen molar-refractivity contribution in [2.24, 2.45) is 4.99 Å². The third-order valence-corrected chi connectivity index (χ3v) is 7.09. The number of carbonyl (C=O) groups is 2. The first kappa shape index (κ1) is 25.3. The number of para-hydroxylation sites is 2. The van der Waals surface area contributed by atoms with Gasteiger partial charge in [0.1, 0.15) is 22.4 Å². The third-order valence-electron chi connectivity index (χ3n) is 5.62. The molecule has 35 heavy (non-hydrogen) atoms. The number of halogens is 1. The largest absolute Gasteiger partial charge is 0.495 e. The highest BCUT2D eigenvalue weighted by molar-refractivity contribution is 8.15. The number of amidine groups is 1. The summed E-state index contributed by atoms with van der Waals surface area (Å²) in [6.45, 7) is 3.52. The first-order chi connectivity index (χ1) is 17.0. The van der Waals surface area contributed by atoms with Gasteiger partial charge >= 0.3 is 0 Å². The van der Waals surface area contributed by atoms with Crippen LogP contribution in [0.2, 0.25) is 5.02 Å². The maximum atomic E-state index is 13.3. The van der Waals surface area contributed by atoms with Gasteiger partial charge in [0, 0.05) is 18.7 Å². The van der Waals surface area contributed by atoms with Crippen LogP contribution >= 0.6 is 23.4 Å². The van der Waals surface area contributed by atoms with E-state index < -0.39 is 5.25 Å². The van der Waals surface area contributed by atoms with Crippen molar-refractivity contribution in [2.75, 3.05) is 32.2 Å². The zero-order chi connectivity index (χ0) is 24.8. The fourth-order valence-electron chi connectivity index (χ4n) is 3.94. The van der Waals surface area contributed by atoms with Crippen molar-refractivity contribution in [2.45, 2.75) is 37.5 Å². The Morgan fingerprint density at radius 2 is 2.11 bits per heavy atom. The minimum atomic E-state index is -0.594. The average Bonchev–Trinajstić information content (AvgIpc) is 3.45. The molecule has 0 aliphatic carbocycles. The van der Waals surface area contributed by atoms with E-state index in [2.05, 4.69) is 5.32 Å². The minimum absolute atomic E-state index is 0.00129. The molecule has 2 heterocycles. The number of methoxy groups -OCH3 is 1. The summed E-state index contributed by atoms with van der Waals surface area (Å²) in [5, 5.41) is 3.15. The van der Waals surface area contributed by atoms with Crippen LogP contribution < -0.4 is 14.8 Å². The van der Waals surface area contributed by atoms with E-state index in [9.17, 15) is 9.59 Å². The lowest BCUT2D eigenvalue weighted by Gasteiger charge is -2.20. The van der Waals surface area contributed by atoms with E-state index in [1.165, 1.54) is 18.9 Å². The second-order valence-corrected chi connectivity index (χ2v) is 9.66. The van der Waals surface area contributed by atoms with Crippen LogP contribution in [0, 0.1) is 0 Å². The van der Waals surface area contributed by atoms with Crippen LogP contribution in [0.5, 0.6) is 11.5 Å². The molecule has 0 spiro atoms. The molecule has 2 aromatic carbocycles. The van der Waals surface area contributed by atoms with Gasteiger partial charge in [-0.2, -0.15) is 0 Å². The monoisotopic (exact) mass is 517 g/mol. The molecule has 2 atom stereocenters. The van der Waals surface area contributed by atoms with E-state index in [1.807, 2.05) is 31.2 Å². The van der Waals surface area contributed by atoms with Crippen molar-refractivity contribution in [1.29, 1.82) is 0 Å². The summed E-state index contributed by atoms with van der Waals surface area (Å²) in [5.41, 5.74) is 1.17. The molecule has 1 N–H and O–H groups in total. The summed E-state index contributed by atoms with van der Waals surface area (Å²) in [4.78, 5) is 32.5. The summed E-state index contributed by atoms with van der Waals surface area (Å²) in [7, 11) is 1.52. The van der Waals surface area contributed by atoms with Gasteiger partial charge < -0.3 is 19.5 Å². The number of thioether (sulfide) groups is 1.